The molecule has 3 aromatic rings. The second-order valence-electron chi connectivity index (χ2n) is 15.1. The number of nitrogens with one attached hydrogen (secondary N) is 3. The number of hydrogen-bond donors (Lipinski definition) is 3. The molecule has 3 N–H and O–H groups in total. The topological polar surface area (TPSA) is 203 Å². The number of benzene rings is 1. The summed E-state index contributed by atoms with van der Waals surface area (Å²) in [6, 6.07) is 1.49. The molecule has 4 amide bonds. The Balaban J connectivity index is 1.23. The predicted molar refractivity (Wildman–Crippen MR) is 187 cm³/mol. The zero-order valence-corrected chi connectivity index (χ0v) is 31.1. The van der Waals surface area contributed by atoms with Crippen LogP contribution in [-0.4, -0.2) is 87.1 Å². The van der Waals surface area contributed by atoms with Crippen molar-refractivity contribution in [3.05, 3.63) is 59.4 Å². The average Bonchev–Trinajstić information content (AvgIpc) is 3.93. The van der Waals surface area contributed by atoms with Crippen LogP contribution in [0.3, 0.4) is 0 Å². The van der Waals surface area contributed by atoms with E-state index in [1.54, 1.807) is 13.0 Å². The number of carbonyl (C=O) groups excluding carboxylic acids is 4. The highest BCUT2D eigenvalue weighted by atomic mass is 32.2. The molecule has 5 atom stereocenters. The number of aryl methyl sites for hydroxylation is 1. The van der Waals surface area contributed by atoms with Crippen molar-refractivity contribution in [3.63, 3.8) is 0 Å². The number of sulfonamides is 1. The summed E-state index contributed by atoms with van der Waals surface area (Å²) in [7, 11) is -4.11. The van der Waals surface area contributed by atoms with Crippen LogP contribution in [0.1, 0.15) is 86.7 Å². The molecule has 2 aliphatic carbocycles. The zero-order valence-electron chi connectivity index (χ0n) is 30.3. The molecule has 2 aliphatic heterocycles. The van der Waals surface area contributed by atoms with Gasteiger partial charge in [-0.25, -0.2) is 22.8 Å². The number of carbonyl (C=O) groups is 4. The van der Waals surface area contributed by atoms with E-state index in [1.807, 2.05) is 6.08 Å². The summed E-state index contributed by atoms with van der Waals surface area (Å²) in [5.74, 6) is -5.43. The molecular weight excluding hydrogens is 766 g/mol. The molecule has 15 nitrogen and oxygen atoms in total. The molecule has 1 aromatic carbocycles. The van der Waals surface area contributed by atoms with Gasteiger partial charge < -0.3 is 24.8 Å². The van der Waals surface area contributed by atoms with Gasteiger partial charge in [0, 0.05) is 24.5 Å². The first-order chi connectivity index (χ1) is 26.4. The van der Waals surface area contributed by atoms with E-state index in [0.29, 0.717) is 44.3 Å². The van der Waals surface area contributed by atoms with Gasteiger partial charge in [0.25, 0.3) is 11.8 Å². The van der Waals surface area contributed by atoms with Crippen molar-refractivity contribution < 1.29 is 54.4 Å². The normalized spacial score (nSPS) is 27.2. The highest BCUT2D eigenvalue weighted by Crippen LogP contribution is 2.47. The van der Waals surface area contributed by atoms with Gasteiger partial charge >= 0.3 is 6.18 Å². The highest BCUT2D eigenvalue weighted by Gasteiger charge is 2.63. The predicted octanol–water partition coefficient (Wildman–Crippen LogP) is 3.62. The van der Waals surface area contributed by atoms with Gasteiger partial charge in [0.2, 0.25) is 33.4 Å². The molecule has 1 saturated heterocycles. The number of halogens is 4. The highest BCUT2D eigenvalue weighted by molar-refractivity contribution is 7.91. The van der Waals surface area contributed by atoms with Crippen LogP contribution in [0.5, 0.6) is 5.88 Å². The van der Waals surface area contributed by atoms with Crippen molar-refractivity contribution in [2.45, 2.75) is 106 Å². The lowest BCUT2D eigenvalue weighted by Gasteiger charge is -2.30. The maximum Gasteiger partial charge on any atom is 0.438 e. The second kappa shape index (κ2) is 14.4. The smallest absolute Gasteiger partial charge is 0.438 e. The largest absolute Gasteiger partial charge is 0.471 e. The number of aromatic nitrogens is 3. The van der Waals surface area contributed by atoms with Crippen LogP contribution in [0, 0.1) is 18.7 Å². The summed E-state index contributed by atoms with van der Waals surface area (Å²) in [5, 5.41) is 9.03. The quantitative estimate of drug-likeness (QED) is 0.233. The number of ether oxygens (including phenoxy) is 1. The number of rotatable bonds is 7. The summed E-state index contributed by atoms with van der Waals surface area (Å²) in [6.45, 7) is 2.60. The molecule has 0 bridgehead atoms. The minimum Gasteiger partial charge on any atom is -0.471 e. The molecule has 0 unspecified atom stereocenters. The molecule has 2 aromatic heterocycles. The fourth-order valence-corrected chi connectivity index (χ4v) is 8.40. The monoisotopic (exact) mass is 805 g/mol. The summed E-state index contributed by atoms with van der Waals surface area (Å²) in [5.41, 5.74) is -3.83. The van der Waals surface area contributed by atoms with Gasteiger partial charge in [-0.3, -0.25) is 23.9 Å². The number of hydrogen-bond acceptors (Lipinski definition) is 11. The Kier molecular flexibility index (Phi) is 10.1. The lowest BCUT2D eigenvalue weighted by Crippen LogP contribution is -2.58. The molecule has 0 radical (unpaired) electrons. The Labute approximate surface area is 318 Å². The van der Waals surface area contributed by atoms with Crippen molar-refractivity contribution in [2.24, 2.45) is 5.92 Å². The Morgan fingerprint density at radius 1 is 1.09 bits per heavy atom. The number of nitrogens with zero attached hydrogens (tertiary/aromatic N) is 4. The van der Waals surface area contributed by atoms with Crippen LogP contribution in [0.25, 0.3) is 11.0 Å². The first-order valence-corrected chi connectivity index (χ1v) is 19.7. The van der Waals surface area contributed by atoms with E-state index >= 15 is 0 Å². The van der Waals surface area contributed by atoms with Crippen LogP contribution in [0.2, 0.25) is 0 Å². The molecule has 4 aliphatic rings. The fraction of sp³-hybridized carbons (Fsp3) is 0.528. The maximum atomic E-state index is 14.4. The van der Waals surface area contributed by atoms with Gasteiger partial charge in [0.05, 0.1) is 22.3 Å². The van der Waals surface area contributed by atoms with Gasteiger partial charge in [0.1, 0.15) is 35.3 Å². The number of alkyl halides is 3. The molecule has 3 fully saturated rings. The summed E-state index contributed by atoms with van der Waals surface area (Å²) in [6.07, 6.45) is -0.0495. The van der Waals surface area contributed by atoms with Crippen LogP contribution in [0.4, 0.5) is 17.6 Å². The van der Waals surface area contributed by atoms with Crippen molar-refractivity contribution in [1.82, 2.24) is 35.4 Å². The van der Waals surface area contributed by atoms with E-state index in [-0.39, 0.29) is 29.6 Å². The molecule has 7 rings (SSSR count). The van der Waals surface area contributed by atoms with Gasteiger partial charge in [-0.2, -0.15) is 13.2 Å². The number of amides is 4. The lowest BCUT2D eigenvalue weighted by molar-refractivity contribution is -0.143. The maximum absolute atomic E-state index is 14.4. The minimum absolute atomic E-state index is 0.0435. The molecular formula is C36H39F4N7O8S. The molecule has 20 heteroatoms. The van der Waals surface area contributed by atoms with E-state index in [2.05, 4.69) is 30.5 Å². The molecule has 2 saturated carbocycles. The van der Waals surface area contributed by atoms with Crippen LogP contribution >= 0.6 is 0 Å². The summed E-state index contributed by atoms with van der Waals surface area (Å²) in [4.78, 5) is 64.3. The van der Waals surface area contributed by atoms with Gasteiger partial charge in [-0.1, -0.05) is 30.2 Å². The zero-order chi connectivity index (χ0) is 40.2. The van der Waals surface area contributed by atoms with Crippen LogP contribution in [0.15, 0.2) is 40.9 Å². The average molecular weight is 806 g/mol. The Morgan fingerprint density at radius 2 is 1.86 bits per heavy atom. The van der Waals surface area contributed by atoms with E-state index < -0.39 is 105 Å². The fourth-order valence-electron chi connectivity index (χ4n) is 7.09. The Bertz CT molecular complexity index is 2230. The Morgan fingerprint density at radius 3 is 2.55 bits per heavy atom. The SMILES string of the molecule is Cc1cc(C(=O)N[C@H]2CCCCC/C=C\[C@@H]3C[C@@]3(C(=O)NS(=O)(=O)C3(C)CC3)NC(=O)[C@@H]3C[C@@H](Oc4nc5cc(F)ccc5nc4C(F)(F)F)CN3C2=O)no1. The standard InChI is InChI=1S/C36H39F4N7O8S/c1-19-14-26(45-55-19)29(48)42-24-9-7-5-3-4-6-8-20-17-35(20,33(51)46-56(52,53)34(2)12-13-34)44-30(49)27-16-22(18-47(27)32(24)50)54-31-28(36(38,39)40)41-23-11-10-21(37)15-25(23)43-31/h6,8,10-11,14-15,20,22,24,27H,3-5,7,9,12-13,16-18H2,1-2H3,(H,42,48)(H,44,49)(H,46,51)/b8-6-/t20-,22-,24+,27+,35-/m1/s1. The van der Waals surface area contributed by atoms with Gasteiger partial charge in [-0.15, -0.1) is 0 Å². The van der Waals surface area contributed by atoms with E-state index in [1.165, 1.54) is 13.0 Å². The Hall–Kier alpha value is -5.14. The first-order valence-electron chi connectivity index (χ1n) is 18.2. The van der Waals surface area contributed by atoms with Gasteiger partial charge in [0.15, 0.2) is 5.69 Å². The number of allylic oxidation sites excluding steroid dienone is 1. The van der Waals surface area contributed by atoms with Crippen molar-refractivity contribution in [2.75, 3.05) is 6.54 Å². The molecule has 4 heterocycles. The summed E-state index contributed by atoms with van der Waals surface area (Å²) < 4.78 is 94.8. The summed E-state index contributed by atoms with van der Waals surface area (Å²) >= 11 is 0. The first kappa shape index (κ1) is 39.1. The molecule has 300 valence electrons. The third kappa shape index (κ3) is 7.79. The minimum atomic E-state index is -5.07. The van der Waals surface area contributed by atoms with Crippen molar-refractivity contribution in [3.8, 4) is 5.88 Å². The van der Waals surface area contributed by atoms with E-state index in [4.69, 9.17) is 9.26 Å². The number of fused-ring (bicyclic) bond motifs is 3. The third-order valence-electron chi connectivity index (χ3n) is 10.8. The second-order valence-corrected chi connectivity index (χ2v) is 17.3. The molecule has 56 heavy (non-hydrogen) atoms. The van der Waals surface area contributed by atoms with Crippen molar-refractivity contribution >= 4 is 44.7 Å². The lowest BCUT2D eigenvalue weighted by atomic mass is 10.0. The third-order valence-corrected chi connectivity index (χ3v) is 12.9. The van der Waals surface area contributed by atoms with E-state index in [0.717, 1.165) is 23.1 Å². The van der Waals surface area contributed by atoms with E-state index in [9.17, 15) is 45.2 Å². The van der Waals surface area contributed by atoms with Crippen LogP contribution in [-0.2, 0) is 30.6 Å². The molecule has 0 spiro atoms. The van der Waals surface area contributed by atoms with Crippen LogP contribution < -0.4 is 20.1 Å². The van der Waals surface area contributed by atoms with Gasteiger partial charge in [-0.05, 0) is 64.5 Å². The van der Waals surface area contributed by atoms with Crippen molar-refractivity contribution in [1.29, 1.82) is 0 Å².